The maximum Gasteiger partial charge on any atom is 0.257 e. The van der Waals surface area contributed by atoms with Gasteiger partial charge in [-0.15, -0.1) is 0 Å². The molecular weight excluding hydrogens is 300 g/mol. The number of halogens is 2. The Kier molecular flexibility index (Phi) is 4.28. The average Bonchev–Trinajstić information content (AvgIpc) is 3.06. The highest BCUT2D eigenvalue weighted by Gasteiger charge is 2.31. The standard InChI is InChI=1S/C18H17F2NO2/c1-23-14-7-4-12(5-8-14)17-3-2-10-21(17)18(22)15-11-13(19)6-9-16(15)20/h4-9,11,17H,2-3,10H2,1H3. The summed E-state index contributed by atoms with van der Waals surface area (Å²) in [4.78, 5) is 14.2. The Morgan fingerprint density at radius 2 is 1.91 bits per heavy atom. The molecule has 0 aromatic heterocycles. The molecule has 1 aliphatic rings. The Morgan fingerprint density at radius 1 is 1.17 bits per heavy atom. The van der Waals surface area contributed by atoms with Gasteiger partial charge in [-0.25, -0.2) is 8.78 Å². The minimum atomic E-state index is -0.697. The van der Waals surface area contributed by atoms with E-state index >= 15 is 0 Å². The Bertz CT molecular complexity index is 715. The molecule has 0 saturated carbocycles. The lowest BCUT2D eigenvalue weighted by molar-refractivity contribution is 0.0730. The molecule has 1 atom stereocenters. The maximum atomic E-state index is 13.9. The van der Waals surface area contributed by atoms with Gasteiger partial charge in [0.05, 0.1) is 18.7 Å². The van der Waals surface area contributed by atoms with Crippen molar-refractivity contribution < 1.29 is 18.3 Å². The Morgan fingerprint density at radius 3 is 2.61 bits per heavy atom. The minimum Gasteiger partial charge on any atom is -0.497 e. The molecule has 120 valence electrons. The highest BCUT2D eigenvalue weighted by atomic mass is 19.1. The van der Waals surface area contributed by atoms with Crippen LogP contribution in [-0.4, -0.2) is 24.5 Å². The monoisotopic (exact) mass is 317 g/mol. The predicted octanol–water partition coefficient (Wildman–Crippen LogP) is 3.95. The van der Waals surface area contributed by atoms with E-state index in [0.717, 1.165) is 42.4 Å². The fourth-order valence-corrected chi connectivity index (χ4v) is 3.00. The van der Waals surface area contributed by atoms with Gasteiger partial charge in [0.1, 0.15) is 17.4 Å². The van der Waals surface area contributed by atoms with E-state index in [0.29, 0.717) is 6.54 Å². The van der Waals surface area contributed by atoms with Crippen LogP contribution in [0.5, 0.6) is 5.75 Å². The number of hydrogen-bond acceptors (Lipinski definition) is 2. The lowest BCUT2D eigenvalue weighted by Gasteiger charge is -2.25. The summed E-state index contributed by atoms with van der Waals surface area (Å²) in [6.45, 7) is 0.533. The highest BCUT2D eigenvalue weighted by molar-refractivity contribution is 5.95. The fourth-order valence-electron chi connectivity index (χ4n) is 3.00. The molecular formula is C18H17F2NO2. The molecule has 0 aliphatic carbocycles. The summed E-state index contributed by atoms with van der Waals surface area (Å²) in [6.07, 6.45) is 1.63. The third-order valence-electron chi connectivity index (χ3n) is 4.17. The van der Waals surface area contributed by atoms with Crippen molar-refractivity contribution in [3.05, 3.63) is 65.2 Å². The molecule has 1 saturated heterocycles. The van der Waals surface area contributed by atoms with Crippen LogP contribution < -0.4 is 4.74 Å². The number of carbonyl (C=O) groups excluding carboxylic acids is 1. The van der Waals surface area contributed by atoms with Crippen molar-refractivity contribution >= 4 is 5.91 Å². The first kappa shape index (κ1) is 15.5. The summed E-state index contributed by atoms with van der Waals surface area (Å²) < 4.78 is 32.4. The zero-order valence-corrected chi connectivity index (χ0v) is 12.8. The molecule has 5 heteroatoms. The van der Waals surface area contributed by atoms with Crippen LogP contribution in [0.1, 0.15) is 34.8 Å². The summed E-state index contributed by atoms with van der Waals surface area (Å²) >= 11 is 0. The summed E-state index contributed by atoms with van der Waals surface area (Å²) in [5.41, 5.74) is 0.749. The molecule has 1 amide bonds. The van der Waals surface area contributed by atoms with Gasteiger partial charge in [-0.3, -0.25) is 4.79 Å². The van der Waals surface area contributed by atoms with Gasteiger partial charge in [-0.2, -0.15) is 0 Å². The summed E-state index contributed by atoms with van der Waals surface area (Å²) in [5, 5.41) is 0. The second-order valence-corrected chi connectivity index (χ2v) is 5.55. The number of nitrogens with zero attached hydrogens (tertiary/aromatic N) is 1. The van der Waals surface area contributed by atoms with Crippen LogP contribution in [-0.2, 0) is 0 Å². The van der Waals surface area contributed by atoms with Crippen molar-refractivity contribution in [1.82, 2.24) is 4.90 Å². The van der Waals surface area contributed by atoms with Gasteiger partial charge < -0.3 is 9.64 Å². The second kappa shape index (κ2) is 6.36. The molecule has 0 bridgehead atoms. The highest BCUT2D eigenvalue weighted by Crippen LogP contribution is 2.34. The van der Waals surface area contributed by atoms with Crippen molar-refractivity contribution in [2.75, 3.05) is 13.7 Å². The first-order chi connectivity index (χ1) is 11.1. The zero-order chi connectivity index (χ0) is 16.4. The van der Waals surface area contributed by atoms with Gasteiger partial charge in [-0.1, -0.05) is 12.1 Å². The van der Waals surface area contributed by atoms with E-state index in [-0.39, 0.29) is 11.6 Å². The maximum absolute atomic E-state index is 13.9. The first-order valence-corrected chi connectivity index (χ1v) is 7.50. The smallest absolute Gasteiger partial charge is 0.257 e. The van der Waals surface area contributed by atoms with E-state index in [4.69, 9.17) is 4.74 Å². The molecule has 3 nitrogen and oxygen atoms in total. The van der Waals surface area contributed by atoms with Gasteiger partial charge in [0.15, 0.2) is 0 Å². The number of benzene rings is 2. The molecule has 1 aliphatic heterocycles. The van der Waals surface area contributed by atoms with Crippen molar-refractivity contribution in [3.63, 3.8) is 0 Å². The van der Waals surface area contributed by atoms with E-state index in [2.05, 4.69) is 0 Å². The van der Waals surface area contributed by atoms with E-state index in [9.17, 15) is 13.6 Å². The lowest BCUT2D eigenvalue weighted by atomic mass is 10.0. The van der Waals surface area contributed by atoms with Gasteiger partial charge in [0.2, 0.25) is 0 Å². The summed E-state index contributed by atoms with van der Waals surface area (Å²) in [5.74, 6) is -1.05. The second-order valence-electron chi connectivity index (χ2n) is 5.55. The van der Waals surface area contributed by atoms with E-state index in [1.165, 1.54) is 0 Å². The summed E-state index contributed by atoms with van der Waals surface area (Å²) in [7, 11) is 1.59. The van der Waals surface area contributed by atoms with Crippen LogP contribution in [0.25, 0.3) is 0 Å². The number of carbonyl (C=O) groups is 1. The quantitative estimate of drug-likeness (QED) is 0.858. The Balaban J connectivity index is 1.88. The number of hydrogen-bond donors (Lipinski definition) is 0. The third kappa shape index (κ3) is 3.04. The SMILES string of the molecule is COc1ccc(C2CCCN2C(=O)c2cc(F)ccc2F)cc1. The largest absolute Gasteiger partial charge is 0.497 e. The molecule has 1 heterocycles. The van der Waals surface area contributed by atoms with E-state index in [1.54, 1.807) is 12.0 Å². The number of ether oxygens (including phenoxy) is 1. The summed E-state index contributed by atoms with van der Waals surface area (Å²) in [6, 6.07) is 10.3. The third-order valence-corrected chi connectivity index (χ3v) is 4.17. The van der Waals surface area contributed by atoms with Crippen LogP contribution in [0.2, 0.25) is 0 Å². The fraction of sp³-hybridized carbons (Fsp3) is 0.278. The van der Waals surface area contributed by atoms with Crippen molar-refractivity contribution in [2.45, 2.75) is 18.9 Å². The van der Waals surface area contributed by atoms with Crippen molar-refractivity contribution in [1.29, 1.82) is 0 Å². The van der Waals surface area contributed by atoms with E-state index in [1.807, 2.05) is 24.3 Å². The van der Waals surface area contributed by atoms with E-state index < -0.39 is 17.5 Å². The van der Waals surface area contributed by atoms with Crippen molar-refractivity contribution in [3.8, 4) is 5.75 Å². The molecule has 1 unspecified atom stereocenters. The van der Waals surface area contributed by atoms with Crippen molar-refractivity contribution in [2.24, 2.45) is 0 Å². The molecule has 2 aromatic rings. The van der Waals surface area contributed by atoms with Crippen LogP contribution in [0, 0.1) is 11.6 Å². The Hall–Kier alpha value is -2.43. The molecule has 23 heavy (non-hydrogen) atoms. The van der Waals surface area contributed by atoms with Gasteiger partial charge in [0, 0.05) is 6.54 Å². The number of amides is 1. The average molecular weight is 317 g/mol. The lowest BCUT2D eigenvalue weighted by Crippen LogP contribution is -2.31. The molecule has 0 spiro atoms. The number of methoxy groups -OCH3 is 1. The Labute approximate surface area is 133 Å². The molecule has 1 fully saturated rings. The number of rotatable bonds is 3. The molecule has 2 aromatic carbocycles. The first-order valence-electron chi connectivity index (χ1n) is 7.50. The number of likely N-dealkylation sites (tertiary alicyclic amines) is 1. The van der Waals surface area contributed by atoms with Crippen LogP contribution in [0.3, 0.4) is 0 Å². The minimum absolute atomic E-state index is 0.129. The molecule has 0 N–H and O–H groups in total. The predicted molar refractivity (Wildman–Crippen MR) is 82.4 cm³/mol. The van der Waals surface area contributed by atoms with Gasteiger partial charge in [-0.05, 0) is 48.7 Å². The molecule has 0 radical (unpaired) electrons. The normalized spacial score (nSPS) is 17.3. The van der Waals surface area contributed by atoms with Crippen LogP contribution >= 0.6 is 0 Å². The van der Waals surface area contributed by atoms with Crippen LogP contribution in [0.4, 0.5) is 8.78 Å². The molecule has 3 rings (SSSR count). The van der Waals surface area contributed by atoms with Gasteiger partial charge in [0.25, 0.3) is 5.91 Å². The van der Waals surface area contributed by atoms with Crippen LogP contribution in [0.15, 0.2) is 42.5 Å². The van der Waals surface area contributed by atoms with Gasteiger partial charge >= 0.3 is 0 Å². The zero-order valence-electron chi connectivity index (χ0n) is 12.8. The topological polar surface area (TPSA) is 29.5 Å².